The van der Waals surface area contributed by atoms with Crippen LogP contribution in [0.3, 0.4) is 0 Å². The number of ether oxygens (including phenoxy) is 1. The summed E-state index contributed by atoms with van der Waals surface area (Å²) in [6.45, 7) is 6.86. The van der Waals surface area contributed by atoms with Crippen molar-refractivity contribution in [1.82, 2.24) is 5.32 Å². The van der Waals surface area contributed by atoms with Gasteiger partial charge in [0.1, 0.15) is 5.60 Å². The van der Waals surface area contributed by atoms with E-state index < -0.39 is 17.6 Å². The van der Waals surface area contributed by atoms with Crippen LogP contribution in [0.25, 0.3) is 0 Å². The number of imide groups is 1. The van der Waals surface area contributed by atoms with E-state index in [1.807, 2.05) is 0 Å². The predicted octanol–water partition coefficient (Wildman–Crippen LogP) is 0.775. The lowest BCUT2D eigenvalue weighted by Crippen LogP contribution is -2.38. The number of alkyl carbamates (subject to hydrolysis) is 1. The molecule has 0 saturated heterocycles. The lowest BCUT2D eigenvalue weighted by Gasteiger charge is -2.19. The molecule has 0 aliphatic rings. The Labute approximate surface area is 84.0 Å². The minimum atomic E-state index is -0.733. The molecule has 1 atom stereocenters. The molecule has 3 N–H and O–H groups in total. The second kappa shape index (κ2) is 4.95. The molecule has 0 aromatic rings. The van der Waals surface area contributed by atoms with Gasteiger partial charge in [0.15, 0.2) is 0 Å². The van der Waals surface area contributed by atoms with Crippen molar-refractivity contribution in [2.24, 2.45) is 5.73 Å². The maximum absolute atomic E-state index is 11.1. The molecule has 5 heteroatoms. The molecule has 0 aliphatic heterocycles. The first-order valence-corrected chi connectivity index (χ1v) is 4.49. The second-order valence-electron chi connectivity index (χ2n) is 4.23. The minimum Gasteiger partial charge on any atom is -0.444 e. The van der Waals surface area contributed by atoms with Crippen molar-refractivity contribution in [3.05, 3.63) is 0 Å². The monoisotopic (exact) mass is 202 g/mol. The Balaban J connectivity index is 3.90. The maximum Gasteiger partial charge on any atom is 0.414 e. The highest BCUT2D eigenvalue weighted by Gasteiger charge is 2.18. The van der Waals surface area contributed by atoms with Crippen LogP contribution in [0.1, 0.15) is 34.1 Å². The largest absolute Gasteiger partial charge is 0.444 e. The number of carbonyl (C=O) groups is 2. The summed E-state index contributed by atoms with van der Waals surface area (Å²) in [7, 11) is 0. The zero-order valence-corrected chi connectivity index (χ0v) is 9.09. The van der Waals surface area contributed by atoms with Gasteiger partial charge in [0.05, 0.1) is 0 Å². The topological polar surface area (TPSA) is 81.4 Å². The van der Waals surface area contributed by atoms with Crippen molar-refractivity contribution in [3.63, 3.8) is 0 Å². The van der Waals surface area contributed by atoms with E-state index in [4.69, 9.17) is 10.5 Å². The number of hydrogen-bond donors (Lipinski definition) is 2. The highest BCUT2D eigenvalue weighted by atomic mass is 16.6. The van der Waals surface area contributed by atoms with Crippen molar-refractivity contribution in [2.75, 3.05) is 0 Å². The zero-order valence-electron chi connectivity index (χ0n) is 9.09. The molecule has 0 spiro atoms. The van der Waals surface area contributed by atoms with E-state index in [1.165, 1.54) is 0 Å². The first kappa shape index (κ1) is 12.9. The summed E-state index contributed by atoms with van der Waals surface area (Å²) in [4.78, 5) is 22.1. The molecule has 2 amide bonds. The molecule has 0 aliphatic carbocycles. The van der Waals surface area contributed by atoms with Gasteiger partial charge in [-0.3, -0.25) is 10.1 Å². The second-order valence-corrected chi connectivity index (χ2v) is 4.23. The van der Waals surface area contributed by atoms with Gasteiger partial charge in [0.25, 0.3) is 0 Å². The summed E-state index contributed by atoms with van der Waals surface area (Å²) in [5.74, 6) is -0.422. The number of nitrogens with two attached hydrogens (primary N) is 1. The van der Waals surface area contributed by atoms with Crippen LogP contribution in [0.4, 0.5) is 4.79 Å². The number of rotatable bonds is 2. The highest BCUT2D eigenvalue weighted by molar-refractivity contribution is 5.92. The molecule has 0 fully saturated rings. The molecule has 0 aromatic heterocycles. The van der Waals surface area contributed by atoms with Gasteiger partial charge in [-0.05, 0) is 27.7 Å². The van der Waals surface area contributed by atoms with E-state index in [-0.39, 0.29) is 12.5 Å². The van der Waals surface area contributed by atoms with Crippen molar-refractivity contribution in [1.29, 1.82) is 0 Å². The first-order valence-electron chi connectivity index (χ1n) is 4.49. The molecule has 0 radical (unpaired) electrons. The van der Waals surface area contributed by atoms with Crippen LogP contribution in [0, 0.1) is 0 Å². The number of carbonyl (C=O) groups excluding carboxylic acids is 2. The van der Waals surface area contributed by atoms with Crippen LogP contribution in [-0.4, -0.2) is 23.6 Å². The third-order valence-electron chi connectivity index (χ3n) is 1.15. The summed E-state index contributed by atoms with van der Waals surface area (Å²) >= 11 is 0. The molecule has 0 bridgehead atoms. The van der Waals surface area contributed by atoms with Gasteiger partial charge in [0.2, 0.25) is 5.91 Å². The van der Waals surface area contributed by atoms with E-state index >= 15 is 0 Å². The summed E-state index contributed by atoms with van der Waals surface area (Å²) in [6, 6.07) is -0.266. The quantitative estimate of drug-likeness (QED) is 0.693. The molecular weight excluding hydrogens is 184 g/mol. The van der Waals surface area contributed by atoms with Gasteiger partial charge in [-0.2, -0.15) is 0 Å². The summed E-state index contributed by atoms with van der Waals surface area (Å²) in [6.07, 6.45) is -0.623. The molecule has 0 rings (SSSR count). The number of hydrogen-bond acceptors (Lipinski definition) is 4. The average molecular weight is 202 g/mol. The molecule has 0 saturated carbocycles. The van der Waals surface area contributed by atoms with Crippen LogP contribution in [0.15, 0.2) is 0 Å². The van der Waals surface area contributed by atoms with E-state index in [9.17, 15) is 9.59 Å². The third kappa shape index (κ3) is 7.54. The highest BCUT2D eigenvalue weighted by Crippen LogP contribution is 2.06. The molecule has 82 valence electrons. The van der Waals surface area contributed by atoms with E-state index in [1.54, 1.807) is 27.7 Å². The fraction of sp³-hybridized carbons (Fsp3) is 0.778. The number of amides is 2. The fourth-order valence-corrected chi connectivity index (χ4v) is 0.761. The van der Waals surface area contributed by atoms with E-state index in [0.29, 0.717) is 0 Å². The van der Waals surface area contributed by atoms with Crippen LogP contribution in [0.2, 0.25) is 0 Å². The van der Waals surface area contributed by atoms with Gasteiger partial charge < -0.3 is 10.5 Å². The van der Waals surface area contributed by atoms with Gasteiger partial charge in [-0.25, -0.2) is 4.79 Å². The summed E-state index contributed by atoms with van der Waals surface area (Å²) in [5, 5.41) is 2.09. The van der Waals surface area contributed by atoms with Crippen molar-refractivity contribution < 1.29 is 14.3 Å². The minimum absolute atomic E-state index is 0.110. The Morgan fingerprint density at radius 3 is 2.29 bits per heavy atom. The maximum atomic E-state index is 11.1. The van der Waals surface area contributed by atoms with Crippen LogP contribution in [-0.2, 0) is 9.53 Å². The van der Waals surface area contributed by atoms with Gasteiger partial charge in [0, 0.05) is 12.5 Å². The Morgan fingerprint density at radius 2 is 1.93 bits per heavy atom. The standard InChI is InChI=1S/C9H18N2O3/c1-6(10)5-7(12)11-8(13)14-9(2,3)4/h6H,5,10H2,1-4H3,(H,11,12,13)/t6-/m1/s1. The smallest absolute Gasteiger partial charge is 0.414 e. The molecule has 5 nitrogen and oxygen atoms in total. The molecular formula is C9H18N2O3. The van der Waals surface area contributed by atoms with Gasteiger partial charge >= 0.3 is 6.09 Å². The fourth-order valence-electron chi connectivity index (χ4n) is 0.761. The predicted molar refractivity (Wildman–Crippen MR) is 52.6 cm³/mol. The van der Waals surface area contributed by atoms with Crippen LogP contribution >= 0.6 is 0 Å². The average Bonchev–Trinajstić information content (AvgIpc) is 1.77. The Kier molecular flexibility index (Phi) is 4.56. The Bertz CT molecular complexity index is 219. The molecule has 0 heterocycles. The van der Waals surface area contributed by atoms with E-state index in [0.717, 1.165) is 0 Å². The van der Waals surface area contributed by atoms with Crippen molar-refractivity contribution in [2.45, 2.75) is 45.8 Å². The third-order valence-corrected chi connectivity index (χ3v) is 1.15. The summed E-state index contributed by atoms with van der Waals surface area (Å²) < 4.78 is 4.88. The van der Waals surface area contributed by atoms with Crippen LogP contribution < -0.4 is 11.1 Å². The molecule has 0 unspecified atom stereocenters. The number of nitrogens with one attached hydrogen (secondary N) is 1. The summed E-state index contributed by atoms with van der Waals surface area (Å²) in [5.41, 5.74) is 4.78. The van der Waals surface area contributed by atoms with E-state index in [2.05, 4.69) is 5.32 Å². The lowest BCUT2D eigenvalue weighted by molar-refractivity contribution is -0.120. The molecule has 0 aromatic carbocycles. The SMILES string of the molecule is C[C@@H](N)CC(=O)NC(=O)OC(C)(C)C. The van der Waals surface area contributed by atoms with Crippen LogP contribution in [0.5, 0.6) is 0 Å². The Hall–Kier alpha value is -1.10. The molecule has 14 heavy (non-hydrogen) atoms. The normalized spacial score (nSPS) is 13.2. The van der Waals surface area contributed by atoms with Gasteiger partial charge in [-0.15, -0.1) is 0 Å². The Morgan fingerprint density at radius 1 is 1.43 bits per heavy atom. The lowest BCUT2D eigenvalue weighted by atomic mass is 10.2. The van der Waals surface area contributed by atoms with Crippen molar-refractivity contribution in [3.8, 4) is 0 Å². The van der Waals surface area contributed by atoms with Gasteiger partial charge in [-0.1, -0.05) is 0 Å². The first-order chi connectivity index (χ1) is 6.20. The zero-order chi connectivity index (χ0) is 11.4. The van der Waals surface area contributed by atoms with Crippen molar-refractivity contribution >= 4 is 12.0 Å².